The minimum atomic E-state index is -0.0334. The van der Waals surface area contributed by atoms with Crippen LogP contribution in [0, 0.1) is 5.92 Å². The molecule has 2 aromatic rings. The number of aromatic nitrogens is 3. The molecule has 0 aromatic carbocycles. The molecule has 2 aromatic heterocycles. The van der Waals surface area contributed by atoms with E-state index in [-0.39, 0.29) is 5.91 Å². The first-order valence-electron chi connectivity index (χ1n) is 9.10. The molecular weight excluding hydrogens is 360 g/mol. The molecule has 7 heteroatoms. The van der Waals surface area contributed by atoms with Gasteiger partial charge in [0.25, 0.3) is 0 Å². The second-order valence-electron chi connectivity index (χ2n) is 6.27. The normalized spacial score (nSPS) is 13.1. The largest absolute Gasteiger partial charge is 0.342 e. The third-order valence-electron chi connectivity index (χ3n) is 3.96. The van der Waals surface area contributed by atoms with Gasteiger partial charge in [0, 0.05) is 6.42 Å². The van der Waals surface area contributed by atoms with Crippen LogP contribution in [0.15, 0.2) is 41.8 Å². The summed E-state index contributed by atoms with van der Waals surface area (Å²) >= 11 is 1.33. The summed E-state index contributed by atoms with van der Waals surface area (Å²) in [5.41, 5.74) is 1.56. The Bertz CT molecular complexity index is 806. The highest BCUT2D eigenvalue weighted by molar-refractivity contribution is 7.19. The van der Waals surface area contributed by atoms with Gasteiger partial charge in [0.15, 0.2) is 5.13 Å². The highest BCUT2D eigenvalue weighted by atomic mass is 32.1. The summed E-state index contributed by atoms with van der Waals surface area (Å²) in [5, 5.41) is 7.35. The number of thiazole rings is 1. The molecule has 144 valence electrons. The summed E-state index contributed by atoms with van der Waals surface area (Å²) in [6.07, 6.45) is 12.4. The van der Waals surface area contributed by atoms with Gasteiger partial charge in [0.2, 0.25) is 18.1 Å². The zero-order valence-electron chi connectivity index (χ0n) is 16.1. The van der Waals surface area contributed by atoms with Gasteiger partial charge in [-0.2, -0.15) is 4.98 Å². The van der Waals surface area contributed by atoms with E-state index in [0.29, 0.717) is 29.0 Å². The molecule has 1 amide bonds. The topological polar surface area (TPSA) is 80.9 Å². The standard InChI is InChI=1S/C20H26N4O2S/c1-5-8-9-11-15(7-3)17-18(19-21-13-26-24-19)27-20(23-17)22-16(25)12-14(4)10-6-2/h5,7-8,11,13-14H,3,6,9-10,12H2,1-2,4H3,(H,22,23,25)/b8-5-,15-11?. The molecule has 0 saturated heterocycles. The number of anilines is 1. The number of rotatable bonds is 10. The van der Waals surface area contributed by atoms with Crippen molar-refractivity contribution in [1.29, 1.82) is 0 Å². The number of amides is 1. The van der Waals surface area contributed by atoms with E-state index in [1.54, 1.807) is 6.08 Å². The molecule has 0 fully saturated rings. The smallest absolute Gasteiger partial charge is 0.226 e. The lowest BCUT2D eigenvalue weighted by Crippen LogP contribution is -2.14. The second-order valence-corrected chi connectivity index (χ2v) is 7.27. The average molecular weight is 387 g/mol. The van der Waals surface area contributed by atoms with Gasteiger partial charge in [-0.1, -0.05) is 74.1 Å². The Morgan fingerprint density at radius 2 is 2.30 bits per heavy atom. The van der Waals surface area contributed by atoms with Crippen molar-refractivity contribution in [2.75, 3.05) is 5.32 Å². The summed E-state index contributed by atoms with van der Waals surface area (Å²) in [7, 11) is 0. The Balaban J connectivity index is 2.29. The van der Waals surface area contributed by atoms with Gasteiger partial charge in [0.1, 0.15) is 4.88 Å². The number of hydrogen-bond acceptors (Lipinski definition) is 6. The van der Waals surface area contributed by atoms with E-state index in [1.807, 2.05) is 25.2 Å². The number of nitrogens with zero attached hydrogens (tertiary/aromatic N) is 3. The summed E-state index contributed by atoms with van der Waals surface area (Å²) in [6, 6.07) is 0. The maximum absolute atomic E-state index is 12.3. The Labute approximate surface area is 164 Å². The van der Waals surface area contributed by atoms with Crippen molar-refractivity contribution in [2.45, 2.75) is 46.5 Å². The highest BCUT2D eigenvalue weighted by Gasteiger charge is 2.20. The molecule has 2 rings (SSSR count). The lowest BCUT2D eigenvalue weighted by atomic mass is 10.0. The minimum Gasteiger partial charge on any atom is -0.342 e. The first-order valence-corrected chi connectivity index (χ1v) is 9.92. The molecule has 0 aliphatic carbocycles. The number of carbonyl (C=O) groups excluding carboxylic acids is 1. The lowest BCUT2D eigenvalue weighted by molar-refractivity contribution is -0.117. The van der Waals surface area contributed by atoms with Gasteiger partial charge in [-0.15, -0.1) is 0 Å². The minimum absolute atomic E-state index is 0.0334. The van der Waals surface area contributed by atoms with Crippen molar-refractivity contribution in [3.8, 4) is 10.7 Å². The van der Waals surface area contributed by atoms with Crippen molar-refractivity contribution in [3.05, 3.63) is 43.0 Å². The monoisotopic (exact) mass is 386 g/mol. The van der Waals surface area contributed by atoms with E-state index in [0.717, 1.165) is 29.7 Å². The summed E-state index contributed by atoms with van der Waals surface area (Å²) in [4.78, 5) is 21.8. The lowest BCUT2D eigenvalue weighted by Gasteiger charge is -2.08. The van der Waals surface area contributed by atoms with Crippen LogP contribution in [-0.4, -0.2) is 21.0 Å². The van der Waals surface area contributed by atoms with Crippen LogP contribution in [0.5, 0.6) is 0 Å². The Morgan fingerprint density at radius 3 is 2.93 bits per heavy atom. The van der Waals surface area contributed by atoms with Crippen molar-refractivity contribution in [2.24, 2.45) is 5.92 Å². The van der Waals surface area contributed by atoms with Gasteiger partial charge in [-0.3, -0.25) is 4.79 Å². The van der Waals surface area contributed by atoms with E-state index in [2.05, 4.69) is 40.9 Å². The first-order chi connectivity index (χ1) is 13.1. The number of hydrogen-bond donors (Lipinski definition) is 1. The molecule has 0 spiro atoms. The summed E-state index contributed by atoms with van der Waals surface area (Å²) in [6.45, 7) is 10.1. The number of allylic oxidation sites excluding steroid dienone is 5. The summed E-state index contributed by atoms with van der Waals surface area (Å²) in [5.74, 6) is 0.755. The van der Waals surface area contributed by atoms with Gasteiger partial charge in [-0.05, 0) is 24.8 Å². The van der Waals surface area contributed by atoms with Crippen LogP contribution in [0.1, 0.15) is 52.1 Å². The molecule has 1 atom stereocenters. The zero-order chi connectivity index (χ0) is 19.6. The van der Waals surface area contributed by atoms with E-state index in [1.165, 1.54) is 17.7 Å². The third kappa shape index (κ3) is 5.99. The fourth-order valence-electron chi connectivity index (χ4n) is 2.68. The van der Waals surface area contributed by atoms with Gasteiger partial charge in [-0.25, -0.2) is 4.98 Å². The van der Waals surface area contributed by atoms with Crippen molar-refractivity contribution >= 4 is 27.9 Å². The van der Waals surface area contributed by atoms with Crippen LogP contribution >= 0.6 is 11.3 Å². The number of carbonyl (C=O) groups is 1. The molecule has 2 heterocycles. The van der Waals surface area contributed by atoms with Crippen LogP contribution in [0.3, 0.4) is 0 Å². The molecular formula is C20H26N4O2S. The quantitative estimate of drug-likeness (QED) is 0.431. The van der Waals surface area contributed by atoms with Crippen LogP contribution in [0.25, 0.3) is 16.3 Å². The average Bonchev–Trinajstić information content (AvgIpc) is 3.28. The fourth-order valence-corrected chi connectivity index (χ4v) is 3.62. The van der Waals surface area contributed by atoms with Crippen LogP contribution in [-0.2, 0) is 4.79 Å². The van der Waals surface area contributed by atoms with Gasteiger partial charge >= 0.3 is 0 Å². The SMILES string of the molecule is C=CC(=CC/C=C\C)c1nc(NC(=O)CC(C)CCC)sc1-c1ncon1. The van der Waals surface area contributed by atoms with E-state index in [4.69, 9.17) is 4.52 Å². The Hall–Kier alpha value is -2.54. The molecule has 0 radical (unpaired) electrons. The van der Waals surface area contributed by atoms with Crippen LogP contribution in [0.4, 0.5) is 5.13 Å². The van der Waals surface area contributed by atoms with Crippen LogP contribution in [0.2, 0.25) is 0 Å². The number of nitrogens with one attached hydrogen (secondary N) is 1. The predicted molar refractivity (Wildman–Crippen MR) is 110 cm³/mol. The van der Waals surface area contributed by atoms with E-state index in [9.17, 15) is 4.79 Å². The third-order valence-corrected chi connectivity index (χ3v) is 4.92. The van der Waals surface area contributed by atoms with E-state index < -0.39 is 0 Å². The second kappa shape index (κ2) is 10.6. The maximum Gasteiger partial charge on any atom is 0.226 e. The van der Waals surface area contributed by atoms with Gasteiger partial charge < -0.3 is 9.84 Å². The van der Waals surface area contributed by atoms with Crippen molar-refractivity contribution in [3.63, 3.8) is 0 Å². The Kier molecular flexibility index (Phi) is 8.13. The molecule has 0 saturated carbocycles. The zero-order valence-corrected chi connectivity index (χ0v) is 16.9. The molecule has 0 aliphatic heterocycles. The van der Waals surface area contributed by atoms with Crippen molar-refractivity contribution in [1.82, 2.24) is 15.1 Å². The fraction of sp³-hybridized carbons (Fsp3) is 0.400. The molecule has 0 aliphatic rings. The molecule has 1 N–H and O–H groups in total. The van der Waals surface area contributed by atoms with Gasteiger partial charge in [0.05, 0.1) is 5.69 Å². The first kappa shape index (κ1) is 20.8. The van der Waals surface area contributed by atoms with Crippen molar-refractivity contribution < 1.29 is 9.32 Å². The highest BCUT2D eigenvalue weighted by Crippen LogP contribution is 2.35. The predicted octanol–water partition coefficient (Wildman–Crippen LogP) is 5.49. The molecule has 1 unspecified atom stereocenters. The molecule has 0 bridgehead atoms. The maximum atomic E-state index is 12.3. The summed E-state index contributed by atoms with van der Waals surface area (Å²) < 4.78 is 4.88. The Morgan fingerprint density at radius 1 is 1.48 bits per heavy atom. The van der Waals surface area contributed by atoms with E-state index >= 15 is 0 Å². The molecule has 6 nitrogen and oxygen atoms in total. The van der Waals surface area contributed by atoms with Crippen LogP contribution < -0.4 is 5.32 Å². The molecule has 27 heavy (non-hydrogen) atoms.